The zero-order valence-corrected chi connectivity index (χ0v) is 15.9. The molecule has 2 aromatic rings. The van der Waals surface area contributed by atoms with Gasteiger partial charge in [-0.2, -0.15) is 13.2 Å². The standard InChI is InChI=1S/C20H21F3N2O2S/c21-20(22,23)19(27)25(13-14-7-2-1-3-8-14)17(16-11-6-12-28-16)18(26)24-15-9-4-5-10-15/h1-3,6-8,11-12,15,17H,4-5,9-10,13H2,(H,24,26). The summed E-state index contributed by atoms with van der Waals surface area (Å²) in [6, 6.07) is 10.2. The number of halogens is 3. The lowest BCUT2D eigenvalue weighted by atomic mass is 10.1. The first kappa shape index (κ1) is 20.4. The Balaban J connectivity index is 1.95. The summed E-state index contributed by atoms with van der Waals surface area (Å²) in [7, 11) is 0. The lowest BCUT2D eigenvalue weighted by Crippen LogP contribution is -2.49. The van der Waals surface area contributed by atoms with Gasteiger partial charge in [0.2, 0.25) is 5.91 Å². The maximum atomic E-state index is 13.4. The molecular weight excluding hydrogens is 389 g/mol. The predicted molar refractivity (Wildman–Crippen MR) is 101 cm³/mol. The third-order valence-electron chi connectivity index (χ3n) is 4.77. The van der Waals surface area contributed by atoms with E-state index in [1.807, 2.05) is 0 Å². The number of carbonyl (C=O) groups excluding carboxylic acids is 2. The number of carbonyl (C=O) groups is 2. The fourth-order valence-corrected chi connectivity index (χ4v) is 4.28. The lowest BCUT2D eigenvalue weighted by Gasteiger charge is -2.32. The molecular formula is C20H21F3N2O2S. The summed E-state index contributed by atoms with van der Waals surface area (Å²) in [6.45, 7) is -0.306. The van der Waals surface area contributed by atoms with Crippen LogP contribution in [0.25, 0.3) is 0 Å². The van der Waals surface area contributed by atoms with Gasteiger partial charge in [-0.05, 0) is 29.9 Å². The van der Waals surface area contributed by atoms with Crippen molar-refractivity contribution in [1.82, 2.24) is 10.2 Å². The van der Waals surface area contributed by atoms with Gasteiger partial charge in [-0.25, -0.2) is 0 Å². The molecule has 0 aliphatic heterocycles. The molecule has 1 fully saturated rings. The minimum atomic E-state index is -5.07. The number of thiophene rings is 1. The second-order valence-electron chi connectivity index (χ2n) is 6.82. The number of hydrogen-bond donors (Lipinski definition) is 1. The molecule has 3 rings (SSSR count). The summed E-state index contributed by atoms with van der Waals surface area (Å²) in [5.74, 6) is -2.58. The number of alkyl halides is 3. The highest BCUT2D eigenvalue weighted by molar-refractivity contribution is 7.10. The van der Waals surface area contributed by atoms with Crippen molar-refractivity contribution in [2.75, 3.05) is 0 Å². The molecule has 28 heavy (non-hydrogen) atoms. The summed E-state index contributed by atoms with van der Waals surface area (Å²) < 4.78 is 40.1. The molecule has 1 unspecified atom stereocenters. The zero-order valence-electron chi connectivity index (χ0n) is 15.1. The lowest BCUT2D eigenvalue weighted by molar-refractivity contribution is -0.189. The smallest absolute Gasteiger partial charge is 0.351 e. The van der Waals surface area contributed by atoms with Gasteiger partial charge in [-0.3, -0.25) is 9.59 Å². The van der Waals surface area contributed by atoms with Crippen LogP contribution in [0.4, 0.5) is 13.2 Å². The quantitative estimate of drug-likeness (QED) is 0.766. The first-order valence-electron chi connectivity index (χ1n) is 9.12. The molecule has 1 atom stereocenters. The molecule has 4 nitrogen and oxygen atoms in total. The molecule has 8 heteroatoms. The van der Waals surface area contributed by atoms with Crippen molar-refractivity contribution >= 4 is 23.2 Å². The number of nitrogens with zero attached hydrogens (tertiary/aromatic N) is 1. The highest BCUT2D eigenvalue weighted by atomic mass is 32.1. The fraction of sp³-hybridized carbons (Fsp3) is 0.400. The van der Waals surface area contributed by atoms with E-state index in [1.54, 1.807) is 47.8 Å². The fourth-order valence-electron chi connectivity index (χ4n) is 3.44. The highest BCUT2D eigenvalue weighted by Crippen LogP contribution is 2.32. The predicted octanol–water partition coefficient (Wildman–Crippen LogP) is 4.44. The van der Waals surface area contributed by atoms with E-state index in [9.17, 15) is 22.8 Å². The van der Waals surface area contributed by atoms with Crippen molar-refractivity contribution < 1.29 is 22.8 Å². The Labute approximate surface area is 165 Å². The molecule has 0 bridgehead atoms. The topological polar surface area (TPSA) is 49.4 Å². The normalized spacial score (nSPS) is 16.0. The Hall–Kier alpha value is -2.35. The summed E-state index contributed by atoms with van der Waals surface area (Å²) in [6.07, 6.45) is -1.52. The van der Waals surface area contributed by atoms with E-state index >= 15 is 0 Å². The first-order chi connectivity index (χ1) is 13.4. The Morgan fingerprint density at radius 2 is 1.79 bits per heavy atom. The molecule has 1 aromatic carbocycles. The van der Waals surface area contributed by atoms with Gasteiger partial charge in [0.25, 0.3) is 0 Å². The van der Waals surface area contributed by atoms with Crippen LogP contribution in [0.1, 0.15) is 42.2 Å². The van der Waals surface area contributed by atoms with Crippen molar-refractivity contribution in [1.29, 1.82) is 0 Å². The Bertz CT molecular complexity index is 788. The minimum absolute atomic E-state index is 0.0606. The van der Waals surface area contributed by atoms with Gasteiger partial charge < -0.3 is 10.2 Å². The zero-order chi connectivity index (χ0) is 20.1. The van der Waals surface area contributed by atoms with Gasteiger partial charge in [-0.1, -0.05) is 49.2 Å². The van der Waals surface area contributed by atoms with Crippen LogP contribution < -0.4 is 5.32 Å². The molecule has 0 spiro atoms. The number of hydrogen-bond acceptors (Lipinski definition) is 3. The van der Waals surface area contributed by atoms with Crippen LogP contribution in [0.2, 0.25) is 0 Å². The maximum absolute atomic E-state index is 13.4. The molecule has 0 radical (unpaired) electrons. The van der Waals surface area contributed by atoms with E-state index in [-0.39, 0.29) is 12.6 Å². The molecule has 1 aliphatic rings. The van der Waals surface area contributed by atoms with Gasteiger partial charge >= 0.3 is 12.1 Å². The number of nitrogens with one attached hydrogen (secondary N) is 1. The van der Waals surface area contributed by atoms with Gasteiger partial charge in [0, 0.05) is 17.5 Å². The van der Waals surface area contributed by atoms with E-state index in [0.717, 1.165) is 37.0 Å². The molecule has 1 aromatic heterocycles. The Morgan fingerprint density at radius 3 is 2.36 bits per heavy atom. The third kappa shape index (κ3) is 4.92. The van der Waals surface area contributed by atoms with Gasteiger partial charge in [0.1, 0.15) is 6.04 Å². The van der Waals surface area contributed by atoms with E-state index in [2.05, 4.69) is 5.32 Å². The monoisotopic (exact) mass is 410 g/mol. The van der Waals surface area contributed by atoms with Crippen LogP contribution in [0.5, 0.6) is 0 Å². The van der Waals surface area contributed by atoms with Gasteiger partial charge in [0.05, 0.1) is 0 Å². The van der Waals surface area contributed by atoms with Crippen LogP contribution >= 0.6 is 11.3 Å². The summed E-state index contributed by atoms with van der Waals surface area (Å²) in [4.78, 5) is 26.3. The first-order valence-corrected chi connectivity index (χ1v) is 9.99. The van der Waals surface area contributed by atoms with Crippen molar-refractivity contribution in [2.45, 2.75) is 50.5 Å². The largest absolute Gasteiger partial charge is 0.471 e. The third-order valence-corrected chi connectivity index (χ3v) is 5.70. The molecule has 150 valence electrons. The Kier molecular flexibility index (Phi) is 6.39. The second kappa shape index (κ2) is 8.77. The SMILES string of the molecule is O=C(NC1CCCC1)C(c1cccs1)N(Cc1ccccc1)C(=O)C(F)(F)F. The number of rotatable bonds is 6. The summed E-state index contributed by atoms with van der Waals surface area (Å²) in [5.41, 5.74) is 0.523. The van der Waals surface area contributed by atoms with Crippen LogP contribution in [-0.2, 0) is 16.1 Å². The van der Waals surface area contributed by atoms with Crippen molar-refractivity contribution in [3.63, 3.8) is 0 Å². The van der Waals surface area contributed by atoms with Gasteiger partial charge in [-0.15, -0.1) is 11.3 Å². The minimum Gasteiger partial charge on any atom is -0.351 e. The van der Waals surface area contributed by atoms with Crippen LogP contribution in [0, 0.1) is 0 Å². The average molecular weight is 410 g/mol. The molecule has 0 saturated heterocycles. The summed E-state index contributed by atoms with van der Waals surface area (Å²) in [5, 5.41) is 4.53. The Morgan fingerprint density at radius 1 is 1.11 bits per heavy atom. The molecule has 1 saturated carbocycles. The van der Waals surface area contributed by atoms with Crippen molar-refractivity contribution in [2.24, 2.45) is 0 Å². The second-order valence-corrected chi connectivity index (χ2v) is 7.80. The number of benzene rings is 1. The van der Waals surface area contributed by atoms with Crippen LogP contribution in [0.3, 0.4) is 0 Å². The van der Waals surface area contributed by atoms with Gasteiger partial charge in [0.15, 0.2) is 0 Å². The molecule has 1 heterocycles. The van der Waals surface area contributed by atoms with Crippen LogP contribution in [-0.4, -0.2) is 28.9 Å². The molecule has 2 amide bonds. The van der Waals surface area contributed by atoms with E-state index < -0.39 is 24.0 Å². The summed E-state index contributed by atoms with van der Waals surface area (Å²) >= 11 is 1.16. The van der Waals surface area contributed by atoms with Crippen molar-refractivity contribution in [3.8, 4) is 0 Å². The molecule has 1 N–H and O–H groups in total. The van der Waals surface area contributed by atoms with Crippen LogP contribution in [0.15, 0.2) is 47.8 Å². The van der Waals surface area contributed by atoms with E-state index in [4.69, 9.17) is 0 Å². The highest BCUT2D eigenvalue weighted by Gasteiger charge is 2.47. The molecule has 1 aliphatic carbocycles. The average Bonchev–Trinajstić information content (AvgIpc) is 3.35. The number of amides is 2. The maximum Gasteiger partial charge on any atom is 0.471 e. The van der Waals surface area contributed by atoms with Crippen molar-refractivity contribution in [3.05, 3.63) is 58.3 Å². The van der Waals surface area contributed by atoms with E-state index in [1.165, 1.54) is 0 Å². The van der Waals surface area contributed by atoms with E-state index in [0.29, 0.717) is 15.3 Å².